The van der Waals surface area contributed by atoms with Crippen molar-refractivity contribution < 1.29 is 14.3 Å². The van der Waals surface area contributed by atoms with Crippen LogP contribution in [0, 0.1) is 11.3 Å². The van der Waals surface area contributed by atoms with E-state index in [0.717, 1.165) is 5.56 Å². The van der Waals surface area contributed by atoms with Crippen LogP contribution >= 0.6 is 11.6 Å². The molecular formula is C21H20ClN3O3. The van der Waals surface area contributed by atoms with Crippen LogP contribution in [0.4, 0.5) is 5.69 Å². The first-order valence-electron chi connectivity index (χ1n) is 8.70. The van der Waals surface area contributed by atoms with Crippen LogP contribution in [0.25, 0.3) is 0 Å². The monoisotopic (exact) mass is 397 g/mol. The highest BCUT2D eigenvalue weighted by atomic mass is 35.5. The number of hydrogen-bond acceptors (Lipinski definition) is 5. The predicted octanol–water partition coefficient (Wildman–Crippen LogP) is 3.69. The van der Waals surface area contributed by atoms with Crippen molar-refractivity contribution in [2.75, 3.05) is 18.5 Å². The van der Waals surface area contributed by atoms with Crippen molar-refractivity contribution in [2.24, 2.45) is 0 Å². The number of esters is 1. The fourth-order valence-electron chi connectivity index (χ4n) is 2.36. The van der Waals surface area contributed by atoms with Gasteiger partial charge in [0, 0.05) is 17.8 Å². The van der Waals surface area contributed by atoms with Crippen molar-refractivity contribution in [2.45, 2.75) is 13.3 Å². The maximum atomic E-state index is 12.4. The number of carbonyl (C=O) groups excluding carboxylic acids is 2. The molecule has 28 heavy (non-hydrogen) atoms. The SMILES string of the molecule is CCOC(=O)c1ccccc1NC(=O)/C(C#N)=C\NCCc1ccc(Cl)cc1. The van der Waals surface area contributed by atoms with Crippen molar-refractivity contribution in [1.29, 1.82) is 5.26 Å². The molecule has 0 aliphatic heterocycles. The molecule has 2 aromatic rings. The average Bonchev–Trinajstić information content (AvgIpc) is 2.70. The summed E-state index contributed by atoms with van der Waals surface area (Å²) in [7, 11) is 0. The van der Waals surface area contributed by atoms with Gasteiger partial charge in [0.05, 0.1) is 17.9 Å². The smallest absolute Gasteiger partial charge is 0.340 e. The lowest BCUT2D eigenvalue weighted by Gasteiger charge is -2.10. The van der Waals surface area contributed by atoms with Crippen LogP contribution < -0.4 is 10.6 Å². The Labute approximate surface area is 168 Å². The van der Waals surface area contributed by atoms with E-state index in [4.69, 9.17) is 16.3 Å². The van der Waals surface area contributed by atoms with Crippen LogP contribution in [-0.4, -0.2) is 25.0 Å². The van der Waals surface area contributed by atoms with Crippen molar-refractivity contribution in [3.8, 4) is 6.07 Å². The molecular weight excluding hydrogens is 378 g/mol. The van der Waals surface area contributed by atoms with E-state index in [2.05, 4.69) is 10.6 Å². The summed E-state index contributed by atoms with van der Waals surface area (Å²) in [6.45, 7) is 2.47. The summed E-state index contributed by atoms with van der Waals surface area (Å²) in [4.78, 5) is 24.3. The maximum Gasteiger partial charge on any atom is 0.340 e. The molecule has 0 atom stereocenters. The number of benzene rings is 2. The van der Waals surface area contributed by atoms with Gasteiger partial charge in [0.2, 0.25) is 0 Å². The zero-order valence-corrected chi connectivity index (χ0v) is 16.1. The lowest BCUT2D eigenvalue weighted by atomic mass is 10.1. The van der Waals surface area contributed by atoms with Crippen LogP contribution in [0.3, 0.4) is 0 Å². The Kier molecular flexibility index (Phi) is 8.07. The molecule has 6 nitrogen and oxygen atoms in total. The molecule has 0 unspecified atom stereocenters. The third-order valence-corrected chi connectivity index (χ3v) is 4.01. The minimum absolute atomic E-state index is 0.102. The average molecular weight is 398 g/mol. The Morgan fingerprint density at radius 3 is 2.57 bits per heavy atom. The van der Waals surface area contributed by atoms with E-state index in [1.807, 2.05) is 30.3 Å². The number of amides is 1. The number of hydrogen-bond donors (Lipinski definition) is 2. The number of para-hydroxylation sites is 1. The highest BCUT2D eigenvalue weighted by Crippen LogP contribution is 2.17. The minimum atomic E-state index is -0.613. The van der Waals surface area contributed by atoms with E-state index in [0.29, 0.717) is 18.0 Å². The highest BCUT2D eigenvalue weighted by molar-refractivity contribution is 6.30. The van der Waals surface area contributed by atoms with Gasteiger partial charge in [0.15, 0.2) is 0 Å². The van der Waals surface area contributed by atoms with Crippen LogP contribution in [0.5, 0.6) is 0 Å². The number of ether oxygens (including phenoxy) is 1. The molecule has 0 saturated carbocycles. The van der Waals surface area contributed by atoms with Gasteiger partial charge in [-0.1, -0.05) is 35.9 Å². The van der Waals surface area contributed by atoms with Gasteiger partial charge in [0.25, 0.3) is 5.91 Å². The molecule has 0 spiro atoms. The molecule has 0 saturated heterocycles. The van der Waals surface area contributed by atoms with Gasteiger partial charge in [-0.15, -0.1) is 0 Å². The molecule has 7 heteroatoms. The van der Waals surface area contributed by atoms with Gasteiger partial charge >= 0.3 is 5.97 Å². The van der Waals surface area contributed by atoms with Crippen LogP contribution in [0.1, 0.15) is 22.8 Å². The number of anilines is 1. The molecule has 0 aromatic heterocycles. The molecule has 0 aliphatic carbocycles. The quantitative estimate of drug-likeness (QED) is 0.307. The van der Waals surface area contributed by atoms with Crippen LogP contribution in [0.2, 0.25) is 5.02 Å². The van der Waals surface area contributed by atoms with Gasteiger partial charge < -0.3 is 15.4 Å². The Morgan fingerprint density at radius 2 is 1.89 bits per heavy atom. The molecule has 0 aliphatic rings. The van der Waals surface area contributed by atoms with E-state index in [1.54, 1.807) is 31.2 Å². The van der Waals surface area contributed by atoms with E-state index in [9.17, 15) is 14.9 Å². The summed E-state index contributed by atoms with van der Waals surface area (Å²) in [5.41, 5.74) is 1.49. The highest BCUT2D eigenvalue weighted by Gasteiger charge is 2.16. The maximum absolute atomic E-state index is 12.4. The number of nitriles is 1. The Morgan fingerprint density at radius 1 is 1.18 bits per heavy atom. The van der Waals surface area contributed by atoms with Gasteiger partial charge in [0.1, 0.15) is 11.6 Å². The first-order chi connectivity index (χ1) is 13.5. The summed E-state index contributed by atoms with van der Waals surface area (Å²) >= 11 is 5.85. The van der Waals surface area contributed by atoms with Crippen molar-refractivity contribution in [3.63, 3.8) is 0 Å². The molecule has 2 N–H and O–H groups in total. The van der Waals surface area contributed by atoms with Crippen molar-refractivity contribution in [1.82, 2.24) is 5.32 Å². The third-order valence-electron chi connectivity index (χ3n) is 3.75. The Bertz CT molecular complexity index is 902. The number of rotatable bonds is 8. The van der Waals surface area contributed by atoms with E-state index >= 15 is 0 Å². The first-order valence-corrected chi connectivity index (χ1v) is 9.08. The number of halogens is 1. The molecule has 2 rings (SSSR count). The normalized spacial score (nSPS) is 10.7. The number of carbonyl (C=O) groups is 2. The topological polar surface area (TPSA) is 91.2 Å². The standard InChI is InChI=1S/C21H20ClN3O3/c1-2-28-21(27)18-5-3-4-6-19(18)25-20(26)16(13-23)14-24-12-11-15-7-9-17(22)10-8-15/h3-10,14,24H,2,11-12H2,1H3,(H,25,26)/b16-14-. The fourth-order valence-corrected chi connectivity index (χ4v) is 2.49. The largest absolute Gasteiger partial charge is 0.462 e. The molecule has 144 valence electrons. The van der Waals surface area contributed by atoms with Crippen LogP contribution in [0.15, 0.2) is 60.3 Å². The zero-order chi connectivity index (χ0) is 20.4. The summed E-state index contributed by atoms with van der Waals surface area (Å²) in [5.74, 6) is -1.15. The number of nitrogens with zero attached hydrogens (tertiary/aromatic N) is 1. The lowest BCUT2D eigenvalue weighted by molar-refractivity contribution is -0.112. The molecule has 1 amide bonds. The summed E-state index contributed by atoms with van der Waals surface area (Å²) in [6.07, 6.45) is 2.07. The second kappa shape index (κ2) is 10.8. The van der Waals surface area contributed by atoms with Gasteiger partial charge in [-0.25, -0.2) is 4.79 Å². The van der Waals surface area contributed by atoms with E-state index < -0.39 is 11.9 Å². The second-order valence-electron chi connectivity index (χ2n) is 5.72. The third kappa shape index (κ3) is 6.15. The second-order valence-corrected chi connectivity index (χ2v) is 6.16. The van der Waals surface area contributed by atoms with Crippen molar-refractivity contribution >= 4 is 29.2 Å². The Hall–Kier alpha value is -3.30. The first kappa shape index (κ1) is 21.0. The molecule has 2 aromatic carbocycles. The van der Waals surface area contributed by atoms with Gasteiger partial charge in [-0.05, 0) is 43.2 Å². The van der Waals surface area contributed by atoms with Crippen LogP contribution in [-0.2, 0) is 16.0 Å². The summed E-state index contributed by atoms with van der Waals surface area (Å²) in [6, 6.07) is 15.8. The fraction of sp³-hybridized carbons (Fsp3) is 0.190. The predicted molar refractivity (Wildman–Crippen MR) is 108 cm³/mol. The van der Waals surface area contributed by atoms with E-state index in [-0.39, 0.29) is 23.4 Å². The molecule has 0 fully saturated rings. The van der Waals surface area contributed by atoms with Gasteiger partial charge in [-0.2, -0.15) is 5.26 Å². The Balaban J connectivity index is 1.98. The zero-order valence-electron chi connectivity index (χ0n) is 15.4. The molecule has 0 bridgehead atoms. The van der Waals surface area contributed by atoms with E-state index in [1.165, 1.54) is 6.20 Å². The summed E-state index contributed by atoms with van der Waals surface area (Å²) in [5, 5.41) is 15.5. The molecule has 0 heterocycles. The summed E-state index contributed by atoms with van der Waals surface area (Å²) < 4.78 is 4.98. The lowest BCUT2D eigenvalue weighted by Crippen LogP contribution is -2.19. The van der Waals surface area contributed by atoms with Crippen molar-refractivity contribution in [3.05, 3.63) is 76.5 Å². The minimum Gasteiger partial charge on any atom is -0.462 e. The van der Waals surface area contributed by atoms with Gasteiger partial charge in [-0.3, -0.25) is 4.79 Å². The molecule has 0 radical (unpaired) electrons. The number of nitrogens with one attached hydrogen (secondary N) is 2.